The largest absolute Gasteiger partial charge is 0.363 e. The van der Waals surface area contributed by atoms with Crippen molar-refractivity contribution >= 4 is 10.0 Å². The summed E-state index contributed by atoms with van der Waals surface area (Å²) in [5.74, 6) is 0.565. The molecule has 3 rings (SSSR count). The number of H-pyrrole nitrogens is 1. The van der Waals surface area contributed by atoms with E-state index in [0.717, 1.165) is 18.5 Å². The number of hydrogen-bond acceptors (Lipinski definition) is 3. The summed E-state index contributed by atoms with van der Waals surface area (Å²) in [6.45, 7) is 1.36. The van der Waals surface area contributed by atoms with E-state index in [1.165, 1.54) is 17.1 Å². The molecular weight excluding hydrogens is 262 g/mol. The van der Waals surface area contributed by atoms with Crippen LogP contribution in [0.1, 0.15) is 31.4 Å². The normalized spacial score (nSPS) is 20.1. The van der Waals surface area contributed by atoms with Gasteiger partial charge in [0.1, 0.15) is 0 Å². The van der Waals surface area contributed by atoms with Gasteiger partial charge in [0.05, 0.1) is 4.90 Å². The zero-order chi connectivity index (χ0) is 13.5. The second kappa shape index (κ2) is 4.92. The van der Waals surface area contributed by atoms with Gasteiger partial charge in [0, 0.05) is 38.1 Å². The molecule has 2 fully saturated rings. The monoisotopic (exact) mass is 283 g/mol. The van der Waals surface area contributed by atoms with E-state index in [1.54, 1.807) is 19.3 Å². The van der Waals surface area contributed by atoms with Crippen molar-refractivity contribution in [1.82, 2.24) is 14.6 Å². The van der Waals surface area contributed by atoms with Gasteiger partial charge < -0.3 is 10.3 Å². The number of sulfonamides is 1. The Morgan fingerprint density at radius 2 is 2.11 bits per heavy atom. The highest BCUT2D eigenvalue weighted by Crippen LogP contribution is 2.31. The summed E-state index contributed by atoms with van der Waals surface area (Å²) in [5, 5.41) is 3.37. The average molecular weight is 283 g/mol. The maximum absolute atomic E-state index is 12.3. The molecule has 6 heteroatoms. The smallest absolute Gasteiger partial charge is 0.244 e. The molecular formula is C13H21N3O2S. The molecule has 0 radical (unpaired) electrons. The zero-order valence-electron chi connectivity index (χ0n) is 11.2. The highest BCUT2D eigenvalue weighted by atomic mass is 32.2. The van der Waals surface area contributed by atoms with Crippen molar-refractivity contribution < 1.29 is 8.42 Å². The van der Waals surface area contributed by atoms with Crippen LogP contribution < -0.4 is 5.32 Å². The van der Waals surface area contributed by atoms with Crippen LogP contribution in [0.3, 0.4) is 0 Å². The van der Waals surface area contributed by atoms with Gasteiger partial charge in [-0.15, -0.1) is 0 Å². The molecule has 2 aliphatic rings. The molecule has 2 N–H and O–H groups in total. The summed E-state index contributed by atoms with van der Waals surface area (Å²) in [6.07, 6.45) is 6.38. The average Bonchev–Trinajstić information content (AvgIpc) is 3.29. The van der Waals surface area contributed by atoms with E-state index in [0.29, 0.717) is 29.9 Å². The summed E-state index contributed by atoms with van der Waals surface area (Å²) in [7, 11) is -1.65. The fourth-order valence-corrected chi connectivity index (χ4v) is 3.42. The van der Waals surface area contributed by atoms with Crippen LogP contribution in [-0.4, -0.2) is 37.3 Å². The summed E-state index contributed by atoms with van der Waals surface area (Å²) >= 11 is 0. The van der Waals surface area contributed by atoms with Crippen molar-refractivity contribution in [3.63, 3.8) is 0 Å². The third-order valence-electron chi connectivity index (χ3n) is 3.80. The lowest BCUT2D eigenvalue weighted by Crippen LogP contribution is -2.28. The topological polar surface area (TPSA) is 65.2 Å². The molecule has 1 heterocycles. The summed E-state index contributed by atoms with van der Waals surface area (Å²) in [6, 6.07) is 2.37. The SMILES string of the molecule is CN(CC1CC1)S(=O)(=O)c1c[nH]c(CNC2CC2)c1. The van der Waals surface area contributed by atoms with Gasteiger partial charge in [-0.2, -0.15) is 0 Å². The van der Waals surface area contributed by atoms with Crippen LogP contribution >= 0.6 is 0 Å². The van der Waals surface area contributed by atoms with Gasteiger partial charge in [-0.3, -0.25) is 0 Å². The maximum atomic E-state index is 12.3. The highest BCUT2D eigenvalue weighted by molar-refractivity contribution is 7.89. The molecule has 0 saturated heterocycles. The minimum atomic E-state index is -3.32. The molecule has 5 nitrogen and oxygen atoms in total. The molecule has 0 bridgehead atoms. The summed E-state index contributed by atoms with van der Waals surface area (Å²) < 4.78 is 26.2. The predicted octanol–water partition coefficient (Wildman–Crippen LogP) is 1.30. The van der Waals surface area contributed by atoms with E-state index in [4.69, 9.17) is 0 Å². The molecule has 1 aromatic heterocycles. The fraction of sp³-hybridized carbons (Fsp3) is 0.692. The third-order valence-corrected chi connectivity index (χ3v) is 5.60. The molecule has 0 aliphatic heterocycles. The van der Waals surface area contributed by atoms with Crippen LogP contribution in [0, 0.1) is 5.92 Å². The number of nitrogens with zero attached hydrogens (tertiary/aromatic N) is 1. The van der Waals surface area contributed by atoms with E-state index in [9.17, 15) is 8.42 Å². The first-order valence-corrected chi connectivity index (χ1v) is 8.37. The van der Waals surface area contributed by atoms with Crippen LogP contribution in [0.25, 0.3) is 0 Å². The minimum Gasteiger partial charge on any atom is -0.363 e. The van der Waals surface area contributed by atoms with Crippen LogP contribution in [0.5, 0.6) is 0 Å². The molecule has 0 atom stereocenters. The van der Waals surface area contributed by atoms with Crippen LogP contribution in [0.2, 0.25) is 0 Å². The van der Waals surface area contributed by atoms with Crippen LogP contribution in [0.15, 0.2) is 17.2 Å². The molecule has 2 saturated carbocycles. The van der Waals surface area contributed by atoms with Gasteiger partial charge in [0.25, 0.3) is 0 Å². The number of aromatic amines is 1. The Bertz CT molecular complexity index is 544. The lowest BCUT2D eigenvalue weighted by atomic mass is 10.4. The Kier molecular flexibility index (Phi) is 3.41. The Labute approximate surface area is 114 Å². The number of nitrogens with one attached hydrogen (secondary N) is 2. The van der Waals surface area contributed by atoms with Crippen molar-refractivity contribution in [1.29, 1.82) is 0 Å². The maximum Gasteiger partial charge on any atom is 0.244 e. The second-order valence-corrected chi connectivity index (χ2v) is 7.79. The van der Waals surface area contributed by atoms with Crippen molar-refractivity contribution in [3.8, 4) is 0 Å². The molecule has 106 valence electrons. The molecule has 0 aromatic carbocycles. The Morgan fingerprint density at radius 3 is 2.74 bits per heavy atom. The van der Waals surface area contributed by atoms with Gasteiger partial charge in [-0.1, -0.05) is 0 Å². The summed E-state index contributed by atoms with van der Waals surface area (Å²) in [4.78, 5) is 3.43. The number of rotatable bonds is 7. The first kappa shape index (κ1) is 13.1. The first-order chi connectivity index (χ1) is 9.05. The van der Waals surface area contributed by atoms with Gasteiger partial charge >= 0.3 is 0 Å². The van der Waals surface area contributed by atoms with E-state index >= 15 is 0 Å². The van der Waals surface area contributed by atoms with Crippen molar-refractivity contribution in [2.75, 3.05) is 13.6 Å². The molecule has 0 amide bonds. The molecule has 0 spiro atoms. The zero-order valence-corrected chi connectivity index (χ0v) is 12.0. The first-order valence-electron chi connectivity index (χ1n) is 6.93. The molecule has 2 aliphatic carbocycles. The third kappa shape index (κ3) is 3.19. The van der Waals surface area contributed by atoms with E-state index < -0.39 is 10.0 Å². The predicted molar refractivity (Wildman–Crippen MR) is 73.2 cm³/mol. The Balaban J connectivity index is 1.65. The summed E-state index contributed by atoms with van der Waals surface area (Å²) in [5.41, 5.74) is 0.935. The quantitative estimate of drug-likeness (QED) is 0.792. The van der Waals surface area contributed by atoms with E-state index in [2.05, 4.69) is 10.3 Å². The number of aromatic nitrogens is 1. The van der Waals surface area contributed by atoms with Crippen molar-refractivity contribution in [3.05, 3.63) is 18.0 Å². The fourth-order valence-electron chi connectivity index (χ4n) is 2.15. The minimum absolute atomic E-state index is 0.378. The van der Waals surface area contributed by atoms with E-state index in [1.807, 2.05) is 0 Å². The van der Waals surface area contributed by atoms with Crippen LogP contribution in [0.4, 0.5) is 0 Å². The van der Waals surface area contributed by atoms with Gasteiger partial charge in [-0.25, -0.2) is 12.7 Å². The number of hydrogen-bond donors (Lipinski definition) is 2. The van der Waals surface area contributed by atoms with Gasteiger partial charge in [0.2, 0.25) is 10.0 Å². The lowest BCUT2D eigenvalue weighted by molar-refractivity contribution is 0.453. The van der Waals surface area contributed by atoms with E-state index in [-0.39, 0.29) is 0 Å². The molecule has 1 aromatic rings. The highest BCUT2D eigenvalue weighted by Gasteiger charge is 2.29. The van der Waals surface area contributed by atoms with Crippen LogP contribution in [-0.2, 0) is 16.6 Å². The second-order valence-electron chi connectivity index (χ2n) is 5.74. The van der Waals surface area contributed by atoms with Gasteiger partial charge in [0.15, 0.2) is 0 Å². The van der Waals surface area contributed by atoms with Crippen molar-refractivity contribution in [2.45, 2.75) is 43.2 Å². The van der Waals surface area contributed by atoms with Crippen molar-refractivity contribution in [2.24, 2.45) is 5.92 Å². The Hall–Kier alpha value is -0.850. The molecule has 19 heavy (non-hydrogen) atoms. The standard InChI is InChI=1S/C13H21N3O2S/c1-16(9-10-2-3-10)19(17,18)13-6-12(15-8-13)7-14-11-4-5-11/h6,8,10-11,14-15H,2-5,7,9H2,1H3. The molecule has 0 unspecified atom stereocenters. The van der Waals surface area contributed by atoms with Gasteiger partial charge in [-0.05, 0) is 37.7 Å². The Morgan fingerprint density at radius 1 is 1.37 bits per heavy atom. The lowest BCUT2D eigenvalue weighted by Gasteiger charge is -2.15.